The lowest BCUT2D eigenvalue weighted by atomic mass is 10.1. The van der Waals surface area contributed by atoms with Gasteiger partial charge in [0, 0.05) is 11.4 Å². The Morgan fingerprint density at radius 3 is 2.94 bits per heavy atom. The zero-order valence-electron chi connectivity index (χ0n) is 10.2. The van der Waals surface area contributed by atoms with Crippen LogP contribution in [-0.4, -0.2) is 32.2 Å². The van der Waals surface area contributed by atoms with Gasteiger partial charge >= 0.3 is 5.97 Å². The fraction of sp³-hybridized carbons (Fsp3) is 0.462. The van der Waals surface area contributed by atoms with Crippen molar-refractivity contribution in [1.29, 1.82) is 0 Å². The van der Waals surface area contributed by atoms with Gasteiger partial charge in [0.05, 0.1) is 24.2 Å². The molecule has 0 bridgehead atoms. The molecule has 3 nitrogen and oxygen atoms in total. The first-order valence-electron chi connectivity index (χ1n) is 6.03. The number of carbonyl (C=O) groups is 1. The molecule has 2 rings (SSSR count). The van der Waals surface area contributed by atoms with Crippen molar-refractivity contribution in [2.24, 2.45) is 0 Å². The number of esters is 1. The number of benzene rings is 1. The number of ether oxygens (including phenoxy) is 1. The lowest BCUT2D eigenvalue weighted by Crippen LogP contribution is -3.11. The lowest BCUT2D eigenvalue weighted by molar-refractivity contribution is -0.888. The molecule has 1 aliphatic rings. The van der Waals surface area contributed by atoms with Gasteiger partial charge in [-0.25, -0.2) is 4.79 Å². The number of nitrogens with one attached hydrogen (secondary N) is 1. The normalized spacial score (nSPS) is 23.7. The van der Waals surface area contributed by atoms with Gasteiger partial charge in [-0.1, -0.05) is 23.2 Å². The molecule has 2 atom stereocenters. The number of halogens is 2. The van der Waals surface area contributed by atoms with E-state index in [1.807, 2.05) is 0 Å². The predicted octanol–water partition coefficient (Wildman–Crippen LogP) is 1.83. The summed E-state index contributed by atoms with van der Waals surface area (Å²) < 4.78 is 5.48. The number of piperidine rings is 1. The van der Waals surface area contributed by atoms with E-state index in [1.54, 1.807) is 18.2 Å². The zero-order valence-corrected chi connectivity index (χ0v) is 11.7. The summed E-state index contributed by atoms with van der Waals surface area (Å²) in [7, 11) is 2.10. The Morgan fingerprint density at radius 1 is 1.44 bits per heavy atom. The van der Waals surface area contributed by atoms with E-state index >= 15 is 0 Å². The van der Waals surface area contributed by atoms with Gasteiger partial charge in [-0.05, 0) is 24.6 Å². The largest absolute Gasteiger partial charge is 0.453 e. The highest BCUT2D eigenvalue weighted by molar-refractivity contribution is 6.35. The summed E-state index contributed by atoms with van der Waals surface area (Å²) in [5, 5.41) is 0.860. The number of carbonyl (C=O) groups excluding carboxylic acids is 1. The highest BCUT2D eigenvalue weighted by Crippen LogP contribution is 2.22. The Morgan fingerprint density at radius 2 is 2.22 bits per heavy atom. The van der Waals surface area contributed by atoms with Crippen molar-refractivity contribution in [1.82, 2.24) is 0 Å². The van der Waals surface area contributed by atoms with Crippen LogP contribution in [0.3, 0.4) is 0 Å². The van der Waals surface area contributed by atoms with Crippen LogP contribution >= 0.6 is 23.2 Å². The van der Waals surface area contributed by atoms with Crippen LogP contribution < -0.4 is 4.90 Å². The molecule has 0 aliphatic carbocycles. The number of likely N-dealkylation sites (N-methyl/N-ethyl adjacent to an activating group) is 1. The molecule has 0 aromatic heterocycles. The highest BCUT2D eigenvalue weighted by atomic mass is 35.5. The number of likely N-dealkylation sites (tertiary alicyclic amines) is 1. The summed E-state index contributed by atoms with van der Waals surface area (Å²) in [6, 6.07) is 4.81. The standard InChI is InChI=1S/C13H15Cl2NO2/c1-16-6-2-3-10(8-16)18-13(17)11-7-9(14)4-5-12(11)15/h4-5,7,10H,2-3,6,8H2,1H3/p+1/t10-/m0/s1. The average Bonchev–Trinajstić information content (AvgIpc) is 2.32. The Labute approximate surface area is 117 Å². The van der Waals surface area contributed by atoms with Gasteiger partial charge in [-0.15, -0.1) is 0 Å². The van der Waals surface area contributed by atoms with E-state index in [0.29, 0.717) is 15.6 Å². The van der Waals surface area contributed by atoms with Gasteiger partial charge in [-0.3, -0.25) is 0 Å². The van der Waals surface area contributed by atoms with E-state index in [0.717, 1.165) is 25.9 Å². The Balaban J connectivity index is 2.05. The molecule has 1 aliphatic heterocycles. The SMILES string of the molecule is C[NH+]1CCC[C@H](OC(=O)c2cc(Cl)ccc2Cl)C1. The van der Waals surface area contributed by atoms with Gasteiger partial charge in [0.2, 0.25) is 0 Å². The van der Waals surface area contributed by atoms with E-state index in [-0.39, 0.29) is 12.1 Å². The zero-order chi connectivity index (χ0) is 13.1. The number of hydrogen-bond acceptors (Lipinski definition) is 2. The summed E-state index contributed by atoms with van der Waals surface area (Å²) in [6.07, 6.45) is 1.97. The van der Waals surface area contributed by atoms with Crippen LogP contribution in [0.2, 0.25) is 10.0 Å². The molecule has 5 heteroatoms. The van der Waals surface area contributed by atoms with Gasteiger partial charge in [0.25, 0.3) is 0 Å². The highest BCUT2D eigenvalue weighted by Gasteiger charge is 2.25. The second-order valence-electron chi connectivity index (χ2n) is 4.70. The fourth-order valence-electron chi connectivity index (χ4n) is 2.19. The molecule has 0 saturated carbocycles. The smallest absolute Gasteiger partial charge is 0.340 e. The van der Waals surface area contributed by atoms with Crippen molar-refractivity contribution in [2.75, 3.05) is 20.1 Å². The van der Waals surface area contributed by atoms with Crippen molar-refractivity contribution in [2.45, 2.75) is 18.9 Å². The van der Waals surface area contributed by atoms with Crippen molar-refractivity contribution in [3.63, 3.8) is 0 Å². The first-order chi connectivity index (χ1) is 8.56. The Bertz CT molecular complexity index is 451. The molecule has 0 amide bonds. The van der Waals surface area contributed by atoms with E-state index in [9.17, 15) is 4.79 Å². The minimum atomic E-state index is -0.387. The van der Waals surface area contributed by atoms with E-state index in [1.165, 1.54) is 4.90 Å². The third-order valence-electron chi connectivity index (χ3n) is 3.13. The van der Waals surface area contributed by atoms with Crippen molar-refractivity contribution in [3.05, 3.63) is 33.8 Å². The summed E-state index contributed by atoms with van der Waals surface area (Å²) in [5.74, 6) is -0.387. The molecule has 1 unspecified atom stereocenters. The van der Waals surface area contributed by atoms with Crippen LogP contribution in [0.5, 0.6) is 0 Å². The fourth-order valence-corrected chi connectivity index (χ4v) is 2.56. The second-order valence-corrected chi connectivity index (χ2v) is 5.55. The summed E-state index contributed by atoms with van der Waals surface area (Å²) in [5.41, 5.74) is 0.340. The van der Waals surface area contributed by atoms with Gasteiger partial charge in [-0.2, -0.15) is 0 Å². The summed E-state index contributed by atoms with van der Waals surface area (Å²) in [6.45, 7) is 1.98. The Kier molecular flexibility index (Phi) is 4.49. The second kappa shape index (κ2) is 5.91. The van der Waals surface area contributed by atoms with Crippen LogP contribution in [0.4, 0.5) is 0 Å². The lowest BCUT2D eigenvalue weighted by Gasteiger charge is -2.26. The molecule has 0 radical (unpaired) electrons. The topological polar surface area (TPSA) is 30.7 Å². The van der Waals surface area contributed by atoms with E-state index in [4.69, 9.17) is 27.9 Å². The summed E-state index contributed by atoms with van der Waals surface area (Å²) in [4.78, 5) is 13.4. The number of hydrogen-bond donors (Lipinski definition) is 1. The minimum Gasteiger partial charge on any atom is -0.453 e. The van der Waals surface area contributed by atoms with Crippen LogP contribution in [0, 0.1) is 0 Å². The molecule has 18 heavy (non-hydrogen) atoms. The molecular weight excluding hydrogens is 273 g/mol. The molecule has 1 heterocycles. The van der Waals surface area contributed by atoms with Crippen LogP contribution in [0.25, 0.3) is 0 Å². The molecule has 1 N–H and O–H groups in total. The maximum atomic E-state index is 12.0. The van der Waals surface area contributed by atoms with Gasteiger partial charge in [0.1, 0.15) is 6.54 Å². The van der Waals surface area contributed by atoms with E-state index < -0.39 is 0 Å². The minimum absolute atomic E-state index is 0.0266. The van der Waals surface area contributed by atoms with Crippen LogP contribution in [0.1, 0.15) is 23.2 Å². The third kappa shape index (κ3) is 3.37. The van der Waals surface area contributed by atoms with Crippen LogP contribution in [0.15, 0.2) is 18.2 Å². The maximum absolute atomic E-state index is 12.0. The van der Waals surface area contributed by atoms with Crippen molar-refractivity contribution < 1.29 is 14.4 Å². The Hall–Kier alpha value is -0.770. The molecule has 1 aromatic rings. The first-order valence-corrected chi connectivity index (χ1v) is 6.79. The number of rotatable bonds is 2. The first kappa shape index (κ1) is 13.7. The molecule has 1 saturated heterocycles. The van der Waals surface area contributed by atoms with Gasteiger partial charge in [0.15, 0.2) is 6.10 Å². The van der Waals surface area contributed by atoms with Crippen molar-refractivity contribution in [3.8, 4) is 0 Å². The molecular formula is C13H16Cl2NO2+. The predicted molar refractivity (Wildman–Crippen MR) is 71.5 cm³/mol. The monoisotopic (exact) mass is 288 g/mol. The van der Waals surface area contributed by atoms with E-state index in [2.05, 4.69) is 7.05 Å². The molecule has 0 spiro atoms. The van der Waals surface area contributed by atoms with Crippen LogP contribution in [-0.2, 0) is 4.74 Å². The third-order valence-corrected chi connectivity index (χ3v) is 3.69. The molecule has 1 fully saturated rings. The molecule has 1 aromatic carbocycles. The molecule has 98 valence electrons. The van der Waals surface area contributed by atoms with Gasteiger partial charge < -0.3 is 9.64 Å². The van der Waals surface area contributed by atoms with Crippen molar-refractivity contribution >= 4 is 29.2 Å². The average molecular weight is 289 g/mol. The summed E-state index contributed by atoms with van der Waals surface area (Å²) >= 11 is 11.8. The quantitative estimate of drug-likeness (QED) is 0.842. The number of quaternary nitrogens is 1. The maximum Gasteiger partial charge on any atom is 0.340 e.